The zero-order chi connectivity index (χ0) is 22.8. The third kappa shape index (κ3) is 4.44. The van der Waals surface area contributed by atoms with Crippen molar-refractivity contribution in [1.29, 1.82) is 0 Å². The van der Waals surface area contributed by atoms with E-state index in [1.165, 1.54) is 11.8 Å². The predicted molar refractivity (Wildman–Crippen MR) is 124 cm³/mol. The first-order chi connectivity index (χ1) is 15.3. The Balaban J connectivity index is 1.45. The predicted octanol–water partition coefficient (Wildman–Crippen LogP) is 3.99. The molecule has 32 heavy (non-hydrogen) atoms. The lowest BCUT2D eigenvalue weighted by molar-refractivity contribution is -0.121. The maximum atomic E-state index is 12.6. The Morgan fingerprint density at radius 1 is 1.28 bits per heavy atom. The van der Waals surface area contributed by atoms with Crippen molar-refractivity contribution < 1.29 is 14.3 Å². The average molecular weight is 472 g/mol. The quantitative estimate of drug-likeness (QED) is 0.547. The van der Waals surface area contributed by atoms with Crippen molar-refractivity contribution in [2.45, 2.75) is 25.0 Å². The number of aromatic nitrogens is 3. The summed E-state index contributed by atoms with van der Waals surface area (Å²) in [5, 5.41) is 12.6. The molecule has 1 unspecified atom stereocenters. The zero-order valence-corrected chi connectivity index (χ0v) is 19.4. The highest BCUT2D eigenvalue weighted by Gasteiger charge is 2.32. The minimum Gasteiger partial charge on any atom is -0.482 e. The molecule has 0 radical (unpaired) electrons. The number of thioether (sulfide) groups is 1. The van der Waals surface area contributed by atoms with E-state index in [2.05, 4.69) is 15.5 Å². The molecule has 2 aromatic carbocycles. The maximum Gasteiger partial charge on any atom is 0.265 e. The fourth-order valence-corrected chi connectivity index (χ4v) is 4.36. The van der Waals surface area contributed by atoms with E-state index in [0.717, 1.165) is 5.56 Å². The van der Waals surface area contributed by atoms with Gasteiger partial charge in [-0.25, -0.2) is 0 Å². The Hall–Kier alpha value is -3.04. The summed E-state index contributed by atoms with van der Waals surface area (Å²) in [6.07, 6.45) is 0. The molecule has 0 spiro atoms. The summed E-state index contributed by atoms with van der Waals surface area (Å²) in [6, 6.07) is 12.4. The SMILES string of the molecule is Cc1cc(NC(=O)CSc2nnc(C(C)N3C(=O)COc4ccccc43)n2C)ccc1Cl. The fourth-order valence-electron chi connectivity index (χ4n) is 3.53. The van der Waals surface area contributed by atoms with Crippen LogP contribution in [0.3, 0.4) is 0 Å². The maximum absolute atomic E-state index is 12.6. The van der Waals surface area contributed by atoms with Crippen LogP contribution < -0.4 is 15.0 Å². The third-order valence-electron chi connectivity index (χ3n) is 5.15. The monoisotopic (exact) mass is 471 g/mol. The number of hydrogen-bond donors (Lipinski definition) is 1. The number of hydrogen-bond acceptors (Lipinski definition) is 6. The molecule has 1 N–H and O–H groups in total. The van der Waals surface area contributed by atoms with Gasteiger partial charge in [-0.05, 0) is 49.7 Å². The normalized spacial score (nSPS) is 14.0. The number of rotatable bonds is 6. The number of fused-ring (bicyclic) bond motifs is 1. The average Bonchev–Trinajstić information content (AvgIpc) is 3.14. The zero-order valence-electron chi connectivity index (χ0n) is 17.8. The number of anilines is 2. The van der Waals surface area contributed by atoms with Crippen LogP contribution in [0.5, 0.6) is 5.75 Å². The molecule has 1 aliphatic heterocycles. The van der Waals surface area contributed by atoms with Crippen LogP contribution >= 0.6 is 23.4 Å². The number of ether oxygens (including phenoxy) is 1. The molecule has 10 heteroatoms. The lowest BCUT2D eigenvalue weighted by Gasteiger charge is -2.33. The van der Waals surface area contributed by atoms with Crippen LogP contribution in [0.1, 0.15) is 24.4 Å². The highest BCUT2D eigenvalue weighted by molar-refractivity contribution is 7.99. The van der Waals surface area contributed by atoms with Gasteiger partial charge in [-0.3, -0.25) is 14.5 Å². The number of amides is 2. The number of carbonyl (C=O) groups is 2. The number of halogens is 1. The van der Waals surface area contributed by atoms with Gasteiger partial charge in [-0.15, -0.1) is 10.2 Å². The number of nitrogens with one attached hydrogen (secondary N) is 1. The molecule has 1 aromatic heterocycles. The van der Waals surface area contributed by atoms with Gasteiger partial charge in [0.05, 0.1) is 17.5 Å². The van der Waals surface area contributed by atoms with Gasteiger partial charge in [0, 0.05) is 17.8 Å². The molecule has 2 amide bonds. The lowest BCUT2D eigenvalue weighted by Crippen LogP contribution is -2.41. The molecule has 4 rings (SSSR count). The smallest absolute Gasteiger partial charge is 0.265 e. The van der Waals surface area contributed by atoms with Gasteiger partial charge in [0.15, 0.2) is 17.6 Å². The second-order valence-electron chi connectivity index (χ2n) is 7.40. The molecule has 1 atom stereocenters. The van der Waals surface area contributed by atoms with Gasteiger partial charge < -0.3 is 14.6 Å². The Kier molecular flexibility index (Phi) is 6.38. The molecule has 166 valence electrons. The van der Waals surface area contributed by atoms with Crippen LogP contribution in [0.4, 0.5) is 11.4 Å². The molecule has 1 aliphatic rings. The molecule has 2 heterocycles. The summed E-state index contributed by atoms with van der Waals surface area (Å²) in [5.41, 5.74) is 2.28. The summed E-state index contributed by atoms with van der Waals surface area (Å²) in [6.45, 7) is 3.76. The van der Waals surface area contributed by atoms with Gasteiger partial charge in [0.25, 0.3) is 5.91 Å². The lowest BCUT2D eigenvalue weighted by atomic mass is 10.1. The highest BCUT2D eigenvalue weighted by atomic mass is 35.5. The van der Waals surface area contributed by atoms with Crippen LogP contribution in [-0.2, 0) is 16.6 Å². The Morgan fingerprint density at radius 3 is 2.84 bits per heavy atom. The van der Waals surface area contributed by atoms with Crippen molar-refractivity contribution >= 4 is 46.6 Å². The first-order valence-corrected chi connectivity index (χ1v) is 11.3. The standard InChI is InChI=1S/C22H22ClN5O3S/c1-13-10-15(8-9-16(13)23)24-19(29)12-32-22-26-25-21(27(22)3)14(2)28-17-6-4-5-7-18(17)31-11-20(28)30/h4-10,14H,11-12H2,1-3H3,(H,24,29). The summed E-state index contributed by atoms with van der Waals surface area (Å²) < 4.78 is 7.33. The van der Waals surface area contributed by atoms with E-state index in [1.807, 2.05) is 51.2 Å². The van der Waals surface area contributed by atoms with E-state index in [9.17, 15) is 9.59 Å². The number of nitrogens with zero attached hydrogens (tertiary/aromatic N) is 4. The molecular formula is C22H22ClN5O3S. The second kappa shape index (κ2) is 9.22. The van der Waals surface area contributed by atoms with E-state index in [-0.39, 0.29) is 30.2 Å². The van der Waals surface area contributed by atoms with Crippen molar-refractivity contribution in [2.75, 3.05) is 22.6 Å². The Labute approximate surface area is 194 Å². The van der Waals surface area contributed by atoms with E-state index in [0.29, 0.717) is 33.1 Å². The molecule has 3 aromatic rings. The topological polar surface area (TPSA) is 89.3 Å². The van der Waals surface area contributed by atoms with Gasteiger partial charge >= 0.3 is 0 Å². The number of carbonyl (C=O) groups excluding carboxylic acids is 2. The number of benzene rings is 2. The Bertz CT molecular complexity index is 1180. The van der Waals surface area contributed by atoms with E-state index in [4.69, 9.17) is 16.3 Å². The van der Waals surface area contributed by atoms with Crippen molar-refractivity contribution in [1.82, 2.24) is 14.8 Å². The van der Waals surface area contributed by atoms with Crippen LogP contribution in [0.2, 0.25) is 5.02 Å². The number of aryl methyl sites for hydroxylation is 1. The van der Waals surface area contributed by atoms with Crippen molar-refractivity contribution in [2.24, 2.45) is 7.05 Å². The van der Waals surface area contributed by atoms with Crippen LogP contribution in [0, 0.1) is 6.92 Å². The Morgan fingerprint density at radius 2 is 2.06 bits per heavy atom. The fraction of sp³-hybridized carbons (Fsp3) is 0.273. The van der Waals surface area contributed by atoms with Gasteiger partial charge in [0.1, 0.15) is 5.75 Å². The first-order valence-electron chi connectivity index (χ1n) is 9.97. The van der Waals surface area contributed by atoms with Crippen LogP contribution in [0.25, 0.3) is 0 Å². The second-order valence-corrected chi connectivity index (χ2v) is 8.75. The van der Waals surface area contributed by atoms with E-state index < -0.39 is 0 Å². The number of para-hydroxylation sites is 2. The summed E-state index contributed by atoms with van der Waals surface area (Å²) in [7, 11) is 1.82. The van der Waals surface area contributed by atoms with E-state index >= 15 is 0 Å². The summed E-state index contributed by atoms with van der Waals surface area (Å²) >= 11 is 7.31. The largest absolute Gasteiger partial charge is 0.482 e. The molecular weight excluding hydrogens is 450 g/mol. The van der Waals surface area contributed by atoms with Gasteiger partial charge in [-0.2, -0.15) is 0 Å². The molecule has 8 nitrogen and oxygen atoms in total. The molecule has 0 aliphatic carbocycles. The molecule has 0 bridgehead atoms. The van der Waals surface area contributed by atoms with Crippen molar-refractivity contribution in [3.63, 3.8) is 0 Å². The van der Waals surface area contributed by atoms with Crippen LogP contribution in [0.15, 0.2) is 47.6 Å². The summed E-state index contributed by atoms with van der Waals surface area (Å²) in [4.78, 5) is 26.6. The molecule has 0 saturated heterocycles. The summed E-state index contributed by atoms with van der Waals surface area (Å²) in [5.74, 6) is 1.13. The first kappa shape index (κ1) is 22.2. The van der Waals surface area contributed by atoms with Crippen LogP contribution in [-0.4, -0.2) is 38.9 Å². The van der Waals surface area contributed by atoms with Gasteiger partial charge in [0.2, 0.25) is 5.91 Å². The molecule has 0 fully saturated rings. The minimum absolute atomic E-state index is 0.0227. The third-order valence-corrected chi connectivity index (χ3v) is 6.59. The van der Waals surface area contributed by atoms with Crippen molar-refractivity contribution in [3.05, 3.63) is 58.9 Å². The van der Waals surface area contributed by atoms with E-state index in [1.54, 1.807) is 21.6 Å². The minimum atomic E-state index is -0.356. The molecule has 0 saturated carbocycles. The highest BCUT2D eigenvalue weighted by Crippen LogP contribution is 2.37. The van der Waals surface area contributed by atoms with Crippen molar-refractivity contribution in [3.8, 4) is 5.75 Å². The van der Waals surface area contributed by atoms with Gasteiger partial charge in [-0.1, -0.05) is 35.5 Å².